The Kier molecular flexibility index (Phi) is 6.76. The lowest BCUT2D eigenvalue weighted by molar-refractivity contribution is -0.112. The molecule has 0 saturated heterocycles. The van der Waals surface area contributed by atoms with Gasteiger partial charge in [0.2, 0.25) is 0 Å². The van der Waals surface area contributed by atoms with Crippen molar-refractivity contribution in [3.63, 3.8) is 0 Å². The molecule has 0 heterocycles. The maximum Gasteiger partial charge on any atom is 0.267 e. The molecule has 0 fully saturated rings. The van der Waals surface area contributed by atoms with Crippen LogP contribution in [0.15, 0.2) is 84.6 Å². The zero-order valence-corrected chi connectivity index (χ0v) is 17.2. The highest BCUT2D eigenvalue weighted by molar-refractivity contribution is 6.07. The van der Waals surface area contributed by atoms with Crippen LogP contribution >= 0.6 is 0 Å². The largest absolute Gasteiger partial charge is 0.493 e. The third-order valence-corrected chi connectivity index (χ3v) is 4.47. The number of methoxy groups -OCH3 is 2. The Labute approximate surface area is 180 Å². The van der Waals surface area contributed by atoms with Crippen molar-refractivity contribution < 1.29 is 14.3 Å². The number of nitrogen functional groups attached to an aromatic ring is 1. The van der Waals surface area contributed by atoms with Crippen LogP contribution in [0.2, 0.25) is 0 Å². The molecule has 0 spiro atoms. The first kappa shape index (κ1) is 21.3. The van der Waals surface area contributed by atoms with Gasteiger partial charge in [-0.05, 0) is 48.5 Å². The first-order valence-electron chi connectivity index (χ1n) is 9.41. The molecule has 7 heteroatoms. The summed E-state index contributed by atoms with van der Waals surface area (Å²) < 4.78 is 10.5. The second-order valence-electron chi connectivity index (χ2n) is 6.48. The summed E-state index contributed by atoms with van der Waals surface area (Å²) >= 11 is 0. The number of amides is 1. The van der Waals surface area contributed by atoms with Crippen LogP contribution in [0.3, 0.4) is 0 Å². The number of ether oxygens (including phenoxy) is 2. The first-order valence-corrected chi connectivity index (χ1v) is 9.41. The fourth-order valence-corrected chi connectivity index (χ4v) is 2.90. The van der Waals surface area contributed by atoms with Crippen LogP contribution in [0.25, 0.3) is 0 Å². The molecule has 0 unspecified atom stereocenters. The van der Waals surface area contributed by atoms with E-state index in [1.165, 1.54) is 20.4 Å². The smallest absolute Gasteiger partial charge is 0.267 e. The lowest BCUT2D eigenvalue weighted by Crippen LogP contribution is -2.18. The van der Waals surface area contributed by atoms with Crippen LogP contribution < -0.4 is 25.4 Å². The standard InChI is InChI=1S/C24H22N4O3/c1-30-22-13-10-19(14-23(22)31-2)27-24(29)17(15-25)16-28(20-6-4-3-5-7-20)21-11-8-18(26)9-12-21/h3-14,16H,26H2,1-2H3,(H,27,29)/b17-16-. The van der Waals surface area contributed by atoms with Gasteiger partial charge in [0.25, 0.3) is 5.91 Å². The van der Waals surface area contributed by atoms with Gasteiger partial charge in [-0.2, -0.15) is 5.26 Å². The molecule has 31 heavy (non-hydrogen) atoms. The average Bonchev–Trinajstić information content (AvgIpc) is 2.81. The maximum atomic E-state index is 12.8. The van der Waals surface area contributed by atoms with Crippen molar-refractivity contribution in [2.24, 2.45) is 0 Å². The third-order valence-electron chi connectivity index (χ3n) is 4.47. The summed E-state index contributed by atoms with van der Waals surface area (Å²) in [6.45, 7) is 0. The highest BCUT2D eigenvalue weighted by Gasteiger charge is 2.15. The first-order chi connectivity index (χ1) is 15.0. The van der Waals surface area contributed by atoms with Crippen LogP contribution in [0.1, 0.15) is 0 Å². The van der Waals surface area contributed by atoms with E-state index in [0.29, 0.717) is 22.9 Å². The van der Waals surface area contributed by atoms with Crippen LogP contribution in [0.4, 0.5) is 22.7 Å². The zero-order chi connectivity index (χ0) is 22.2. The van der Waals surface area contributed by atoms with E-state index in [-0.39, 0.29) is 5.57 Å². The van der Waals surface area contributed by atoms with Gasteiger partial charge in [-0.3, -0.25) is 4.79 Å². The van der Waals surface area contributed by atoms with Gasteiger partial charge >= 0.3 is 0 Å². The highest BCUT2D eigenvalue weighted by atomic mass is 16.5. The number of hydrogen-bond acceptors (Lipinski definition) is 6. The van der Waals surface area contributed by atoms with Crippen molar-refractivity contribution in [3.05, 3.63) is 84.6 Å². The molecule has 7 nitrogen and oxygen atoms in total. The molecule has 0 aliphatic heterocycles. The minimum atomic E-state index is -0.550. The van der Waals surface area contributed by atoms with E-state index in [9.17, 15) is 10.1 Å². The Balaban J connectivity index is 1.93. The molecular weight excluding hydrogens is 392 g/mol. The SMILES string of the molecule is COc1ccc(NC(=O)/C(C#N)=C\N(c2ccccc2)c2ccc(N)cc2)cc1OC. The second-order valence-corrected chi connectivity index (χ2v) is 6.48. The van der Waals surface area contributed by atoms with E-state index in [0.717, 1.165) is 11.4 Å². The van der Waals surface area contributed by atoms with Crippen molar-refractivity contribution >= 4 is 28.7 Å². The third kappa shape index (κ3) is 5.14. The molecule has 0 aromatic heterocycles. The van der Waals surface area contributed by atoms with Crippen molar-refractivity contribution in [3.8, 4) is 17.6 Å². The van der Waals surface area contributed by atoms with Gasteiger partial charge in [-0.15, -0.1) is 0 Å². The van der Waals surface area contributed by atoms with Gasteiger partial charge < -0.3 is 25.4 Å². The molecule has 0 atom stereocenters. The number of hydrogen-bond donors (Lipinski definition) is 2. The number of carbonyl (C=O) groups is 1. The summed E-state index contributed by atoms with van der Waals surface area (Å²) in [6.07, 6.45) is 1.50. The monoisotopic (exact) mass is 414 g/mol. The van der Waals surface area contributed by atoms with Crippen molar-refractivity contribution in [2.75, 3.05) is 30.2 Å². The molecule has 0 aliphatic carbocycles. The Hall–Kier alpha value is -4.44. The van der Waals surface area contributed by atoms with Gasteiger partial charge in [0.15, 0.2) is 11.5 Å². The van der Waals surface area contributed by atoms with Crippen LogP contribution in [0.5, 0.6) is 11.5 Å². The fraction of sp³-hybridized carbons (Fsp3) is 0.0833. The van der Waals surface area contributed by atoms with Gasteiger partial charge in [0.1, 0.15) is 11.6 Å². The van der Waals surface area contributed by atoms with Gasteiger partial charge in [0.05, 0.1) is 14.2 Å². The van der Waals surface area contributed by atoms with Crippen LogP contribution in [-0.4, -0.2) is 20.1 Å². The predicted octanol–water partition coefficient (Wildman–Crippen LogP) is 4.47. The van der Waals surface area contributed by atoms with Crippen molar-refractivity contribution in [2.45, 2.75) is 0 Å². The number of nitrogens with one attached hydrogen (secondary N) is 1. The number of anilines is 4. The van der Waals surface area contributed by atoms with Gasteiger partial charge in [-0.25, -0.2) is 0 Å². The van der Waals surface area contributed by atoms with E-state index >= 15 is 0 Å². The number of nitrogens with two attached hydrogens (primary N) is 1. The number of benzene rings is 3. The van der Waals surface area contributed by atoms with Crippen molar-refractivity contribution in [1.29, 1.82) is 5.26 Å². The van der Waals surface area contributed by atoms with E-state index in [1.807, 2.05) is 48.5 Å². The topological polar surface area (TPSA) is 101 Å². The summed E-state index contributed by atoms with van der Waals surface area (Å²) in [6, 6.07) is 23.5. The van der Waals surface area contributed by atoms with Crippen LogP contribution in [-0.2, 0) is 4.79 Å². The van der Waals surface area contributed by atoms with Gasteiger partial charge in [0, 0.05) is 35.0 Å². The molecule has 1 amide bonds. The van der Waals surface area contributed by atoms with E-state index in [2.05, 4.69) is 5.32 Å². The van der Waals surface area contributed by atoms with E-state index in [1.54, 1.807) is 35.2 Å². The number of nitriles is 1. The summed E-state index contributed by atoms with van der Waals surface area (Å²) in [5, 5.41) is 12.4. The number of carbonyl (C=O) groups excluding carboxylic acids is 1. The van der Waals surface area contributed by atoms with Crippen molar-refractivity contribution in [1.82, 2.24) is 0 Å². The summed E-state index contributed by atoms with van der Waals surface area (Å²) in [4.78, 5) is 14.6. The number of nitrogens with zero attached hydrogens (tertiary/aromatic N) is 2. The molecule has 3 rings (SSSR count). The maximum absolute atomic E-state index is 12.8. The number of para-hydroxylation sites is 1. The highest BCUT2D eigenvalue weighted by Crippen LogP contribution is 2.30. The summed E-state index contributed by atoms with van der Waals surface area (Å²) in [7, 11) is 3.04. The zero-order valence-electron chi connectivity index (χ0n) is 17.2. The Morgan fingerprint density at radius 1 is 0.968 bits per heavy atom. The Morgan fingerprint density at radius 3 is 2.23 bits per heavy atom. The lowest BCUT2D eigenvalue weighted by atomic mass is 10.2. The Morgan fingerprint density at radius 2 is 1.61 bits per heavy atom. The number of rotatable bonds is 7. The molecule has 0 bridgehead atoms. The average molecular weight is 414 g/mol. The summed E-state index contributed by atoms with van der Waals surface area (Å²) in [5.41, 5.74) is 8.37. The molecule has 3 N–H and O–H groups in total. The minimum absolute atomic E-state index is 0.0736. The van der Waals surface area contributed by atoms with Gasteiger partial charge in [-0.1, -0.05) is 18.2 Å². The minimum Gasteiger partial charge on any atom is -0.493 e. The normalized spacial score (nSPS) is 10.7. The Bertz CT molecular complexity index is 1120. The molecule has 0 saturated carbocycles. The summed E-state index contributed by atoms with van der Waals surface area (Å²) in [5.74, 6) is 0.455. The van der Waals surface area contributed by atoms with Crippen LogP contribution in [0, 0.1) is 11.3 Å². The quantitative estimate of drug-likeness (QED) is 0.336. The van der Waals surface area contributed by atoms with E-state index in [4.69, 9.17) is 15.2 Å². The molecule has 0 radical (unpaired) electrons. The lowest BCUT2D eigenvalue weighted by Gasteiger charge is -2.21. The predicted molar refractivity (Wildman–Crippen MR) is 121 cm³/mol. The molecule has 156 valence electrons. The molecule has 3 aromatic carbocycles. The fourth-order valence-electron chi connectivity index (χ4n) is 2.90. The molecule has 0 aliphatic rings. The molecular formula is C24H22N4O3. The van der Waals surface area contributed by atoms with E-state index < -0.39 is 5.91 Å². The second kappa shape index (κ2) is 9.85. The molecule has 3 aromatic rings.